The van der Waals surface area contributed by atoms with E-state index in [1.807, 2.05) is 52.8 Å². The normalized spacial score (nSPS) is 16.4. The van der Waals surface area contributed by atoms with Crippen LogP contribution in [0.25, 0.3) is 0 Å². The molecule has 1 aromatic carbocycles. The average Bonchev–Trinajstić information content (AvgIpc) is 2.67. The van der Waals surface area contributed by atoms with E-state index in [2.05, 4.69) is 22.3 Å². The first-order chi connectivity index (χ1) is 13.6. The van der Waals surface area contributed by atoms with Gasteiger partial charge >= 0.3 is 0 Å². The van der Waals surface area contributed by atoms with Crippen LogP contribution in [-0.4, -0.2) is 24.1 Å². The molecule has 0 unspecified atom stereocenters. The van der Waals surface area contributed by atoms with Gasteiger partial charge in [0.2, 0.25) is 11.8 Å². The fraction of sp³-hybridized carbons (Fsp3) is 0.682. The molecule has 1 aliphatic rings. The summed E-state index contributed by atoms with van der Waals surface area (Å²) in [7, 11) is 0. The predicted octanol–water partition coefficient (Wildman–Crippen LogP) is 7.01. The van der Waals surface area contributed by atoms with Crippen LogP contribution in [0.2, 0.25) is 0 Å². The molecule has 4 nitrogen and oxygen atoms in total. The summed E-state index contributed by atoms with van der Waals surface area (Å²) < 4.78 is 29.9. The molecule has 0 atom stereocenters. The molecule has 29 heavy (non-hydrogen) atoms. The highest BCUT2D eigenvalue weighted by Gasteiger charge is 2.34. The first kappa shape index (κ1) is 25.5. The van der Waals surface area contributed by atoms with Gasteiger partial charge in [-0.1, -0.05) is 53.5 Å². The second-order valence-electron chi connectivity index (χ2n) is 8.18. The van der Waals surface area contributed by atoms with E-state index in [0.29, 0.717) is 25.1 Å². The predicted molar refractivity (Wildman–Crippen MR) is 123 cm³/mol. The minimum atomic E-state index is -2.51. The topological polar surface area (TPSA) is 53.2 Å². The van der Waals surface area contributed by atoms with E-state index < -0.39 is 11.3 Å². The zero-order chi connectivity index (χ0) is 22.1. The van der Waals surface area contributed by atoms with Crippen LogP contribution < -0.4 is 15.4 Å². The summed E-state index contributed by atoms with van der Waals surface area (Å²) in [4.78, 5) is 12.4. The van der Waals surface area contributed by atoms with Crippen molar-refractivity contribution < 1.29 is 13.6 Å². The molecule has 0 aromatic heterocycles. The smallest absolute Gasteiger partial charge is 0.248 e. The van der Waals surface area contributed by atoms with E-state index in [1.165, 1.54) is 0 Å². The standard InChI is InChI=1S/C20H31F2N3OS.C2H6/c1-5-27-25-15-6-7-16(17(12-15)24-18(26)19(2,3)4)23-13-14-8-10-20(21,22)11-9-14;1-2/h6-7,12,14,23,25H,5,8-11,13H2,1-4H3,(H,24,26);1-2H3. The van der Waals surface area contributed by atoms with Crippen molar-refractivity contribution >= 4 is 34.9 Å². The van der Waals surface area contributed by atoms with Gasteiger partial charge in [-0.25, -0.2) is 8.78 Å². The zero-order valence-electron chi connectivity index (χ0n) is 18.6. The van der Waals surface area contributed by atoms with Gasteiger partial charge < -0.3 is 15.4 Å². The number of nitrogens with one attached hydrogen (secondary N) is 3. The minimum Gasteiger partial charge on any atom is -0.383 e. The molecule has 0 aliphatic heterocycles. The van der Waals surface area contributed by atoms with E-state index in [0.717, 1.165) is 17.1 Å². The third-order valence-electron chi connectivity index (χ3n) is 4.70. The molecule has 0 spiro atoms. The average molecular weight is 430 g/mol. The molecule has 1 fully saturated rings. The van der Waals surface area contributed by atoms with Gasteiger partial charge in [0, 0.05) is 36.2 Å². The van der Waals surface area contributed by atoms with E-state index in [9.17, 15) is 13.6 Å². The van der Waals surface area contributed by atoms with Gasteiger partial charge in [0.05, 0.1) is 11.4 Å². The molecule has 7 heteroatoms. The Kier molecular flexibility index (Phi) is 10.2. The van der Waals surface area contributed by atoms with E-state index in [-0.39, 0.29) is 24.7 Å². The second-order valence-corrected chi connectivity index (χ2v) is 9.25. The van der Waals surface area contributed by atoms with Crippen LogP contribution in [0.4, 0.5) is 25.8 Å². The lowest BCUT2D eigenvalue weighted by Gasteiger charge is -2.29. The Morgan fingerprint density at radius 2 is 1.79 bits per heavy atom. The summed E-state index contributed by atoms with van der Waals surface area (Å²) in [6.45, 7) is 12.3. The molecule has 0 heterocycles. The molecule has 3 N–H and O–H groups in total. The van der Waals surface area contributed by atoms with Crippen LogP contribution in [0.15, 0.2) is 18.2 Å². The Balaban J connectivity index is 0.00000204. The van der Waals surface area contributed by atoms with Gasteiger partial charge in [0.15, 0.2) is 0 Å². The maximum Gasteiger partial charge on any atom is 0.248 e. The van der Waals surface area contributed by atoms with Crippen molar-refractivity contribution in [3.63, 3.8) is 0 Å². The lowest BCUT2D eigenvalue weighted by atomic mass is 9.87. The van der Waals surface area contributed by atoms with Crippen molar-refractivity contribution in [2.75, 3.05) is 27.7 Å². The fourth-order valence-electron chi connectivity index (χ4n) is 2.89. The summed E-state index contributed by atoms with van der Waals surface area (Å²) in [6.07, 6.45) is 0.973. The fourth-order valence-corrected chi connectivity index (χ4v) is 3.33. The molecule has 0 bridgehead atoms. The van der Waals surface area contributed by atoms with Crippen molar-refractivity contribution in [3.8, 4) is 0 Å². The first-order valence-corrected chi connectivity index (χ1v) is 11.5. The Labute approximate surface area is 179 Å². The summed E-state index contributed by atoms with van der Waals surface area (Å²) in [6, 6.07) is 5.78. The van der Waals surface area contributed by atoms with Crippen molar-refractivity contribution in [2.45, 2.75) is 73.1 Å². The van der Waals surface area contributed by atoms with Crippen LogP contribution in [0.5, 0.6) is 0 Å². The maximum atomic E-state index is 13.3. The quantitative estimate of drug-likeness (QED) is 0.408. The summed E-state index contributed by atoms with van der Waals surface area (Å²) in [5.41, 5.74) is 1.93. The Morgan fingerprint density at radius 1 is 1.17 bits per heavy atom. The first-order valence-electron chi connectivity index (χ1n) is 10.6. The Morgan fingerprint density at radius 3 is 2.34 bits per heavy atom. The molecule has 166 valence electrons. The van der Waals surface area contributed by atoms with Crippen molar-refractivity contribution in [3.05, 3.63) is 18.2 Å². The number of rotatable bonds is 7. The van der Waals surface area contributed by atoms with E-state index in [4.69, 9.17) is 0 Å². The SMILES string of the molecule is CC.CCSNc1ccc(NCC2CCC(F)(F)CC2)c(NC(=O)C(C)(C)C)c1. The van der Waals surface area contributed by atoms with Crippen LogP contribution in [0, 0.1) is 11.3 Å². The number of carbonyl (C=O) groups is 1. The summed E-state index contributed by atoms with van der Waals surface area (Å²) in [5.74, 6) is -1.42. The number of amides is 1. The Hall–Kier alpha value is -1.50. The minimum absolute atomic E-state index is 0.0376. The van der Waals surface area contributed by atoms with E-state index >= 15 is 0 Å². The number of hydrogen-bond donors (Lipinski definition) is 3. The summed E-state index contributed by atoms with van der Waals surface area (Å²) >= 11 is 1.58. The molecular formula is C22H37F2N3OS. The van der Waals surface area contributed by atoms with Gasteiger partial charge in [0.25, 0.3) is 0 Å². The third kappa shape index (κ3) is 8.81. The molecule has 1 amide bonds. The van der Waals surface area contributed by atoms with Crippen LogP contribution in [0.3, 0.4) is 0 Å². The second kappa shape index (κ2) is 11.6. The molecule has 1 aliphatic carbocycles. The van der Waals surface area contributed by atoms with Crippen LogP contribution >= 0.6 is 11.9 Å². The van der Waals surface area contributed by atoms with Crippen molar-refractivity contribution in [1.82, 2.24) is 0 Å². The summed E-state index contributed by atoms with van der Waals surface area (Å²) in [5, 5.41) is 6.35. The zero-order valence-corrected chi connectivity index (χ0v) is 19.4. The Bertz CT molecular complexity index is 637. The van der Waals surface area contributed by atoms with Crippen LogP contribution in [-0.2, 0) is 4.79 Å². The highest BCUT2D eigenvalue weighted by Crippen LogP contribution is 2.37. The molecule has 1 saturated carbocycles. The molecular weight excluding hydrogens is 392 g/mol. The molecule has 0 saturated heterocycles. The maximum absolute atomic E-state index is 13.3. The lowest BCUT2D eigenvalue weighted by molar-refractivity contribution is -0.123. The van der Waals surface area contributed by atoms with Gasteiger partial charge in [-0.2, -0.15) is 0 Å². The van der Waals surface area contributed by atoms with Gasteiger partial charge in [-0.05, 0) is 37.0 Å². The number of benzene rings is 1. The van der Waals surface area contributed by atoms with E-state index in [1.54, 1.807) is 11.9 Å². The van der Waals surface area contributed by atoms with Crippen LogP contribution in [0.1, 0.15) is 67.2 Å². The molecule has 0 radical (unpaired) electrons. The lowest BCUT2D eigenvalue weighted by Crippen LogP contribution is -2.29. The monoisotopic (exact) mass is 429 g/mol. The third-order valence-corrected chi connectivity index (χ3v) is 5.37. The number of carbonyl (C=O) groups excluding carboxylic acids is 1. The number of anilines is 3. The van der Waals surface area contributed by atoms with Gasteiger partial charge in [-0.3, -0.25) is 4.79 Å². The highest BCUT2D eigenvalue weighted by molar-refractivity contribution is 8.00. The van der Waals surface area contributed by atoms with Gasteiger partial charge in [-0.15, -0.1) is 0 Å². The van der Waals surface area contributed by atoms with Crippen molar-refractivity contribution in [2.24, 2.45) is 11.3 Å². The number of hydrogen-bond acceptors (Lipinski definition) is 4. The van der Waals surface area contributed by atoms with Crippen molar-refractivity contribution in [1.29, 1.82) is 0 Å². The number of halogens is 2. The molecule has 2 rings (SSSR count). The highest BCUT2D eigenvalue weighted by atomic mass is 32.2. The molecule has 1 aromatic rings. The largest absolute Gasteiger partial charge is 0.383 e. The number of alkyl halides is 2. The van der Waals surface area contributed by atoms with Gasteiger partial charge in [0.1, 0.15) is 0 Å².